The standard InChI is InChI=1S/C10H16N4O/c1-2-7-3-8(4-7)5-14-6-12-10(13-14)9(11)15/h6-8H,2-5H2,1H3,(H2,11,15). The first kappa shape index (κ1) is 10.1. The lowest BCUT2D eigenvalue weighted by Gasteiger charge is -2.34. The van der Waals surface area contributed by atoms with Crippen molar-refractivity contribution in [2.24, 2.45) is 17.6 Å². The highest BCUT2D eigenvalue weighted by atomic mass is 16.1. The zero-order valence-corrected chi connectivity index (χ0v) is 8.89. The maximum atomic E-state index is 10.8. The highest BCUT2D eigenvalue weighted by Crippen LogP contribution is 2.36. The van der Waals surface area contributed by atoms with Gasteiger partial charge in [-0.3, -0.25) is 9.48 Å². The van der Waals surface area contributed by atoms with Crippen molar-refractivity contribution in [2.45, 2.75) is 32.7 Å². The molecule has 1 heterocycles. The zero-order valence-electron chi connectivity index (χ0n) is 8.89. The van der Waals surface area contributed by atoms with Gasteiger partial charge in [0.25, 0.3) is 5.91 Å². The Kier molecular flexibility index (Phi) is 2.70. The van der Waals surface area contributed by atoms with Crippen LogP contribution in [0.3, 0.4) is 0 Å². The number of aromatic nitrogens is 3. The van der Waals surface area contributed by atoms with E-state index in [1.165, 1.54) is 19.3 Å². The van der Waals surface area contributed by atoms with Gasteiger partial charge in [-0.05, 0) is 24.7 Å². The van der Waals surface area contributed by atoms with Gasteiger partial charge in [-0.15, -0.1) is 5.10 Å². The van der Waals surface area contributed by atoms with Crippen molar-refractivity contribution < 1.29 is 4.79 Å². The third-order valence-corrected chi connectivity index (χ3v) is 3.11. The van der Waals surface area contributed by atoms with Crippen LogP contribution in [0.1, 0.15) is 36.8 Å². The molecular weight excluding hydrogens is 192 g/mol. The number of carbonyl (C=O) groups excluding carboxylic acids is 1. The van der Waals surface area contributed by atoms with Gasteiger partial charge in [0.05, 0.1) is 0 Å². The topological polar surface area (TPSA) is 73.8 Å². The molecule has 0 radical (unpaired) electrons. The lowest BCUT2D eigenvalue weighted by Crippen LogP contribution is -2.27. The lowest BCUT2D eigenvalue weighted by molar-refractivity contribution is 0.0989. The Balaban J connectivity index is 1.87. The summed E-state index contributed by atoms with van der Waals surface area (Å²) in [5, 5.41) is 4.01. The Morgan fingerprint density at radius 3 is 2.87 bits per heavy atom. The van der Waals surface area contributed by atoms with E-state index in [1.807, 2.05) is 0 Å². The molecule has 0 bridgehead atoms. The fraction of sp³-hybridized carbons (Fsp3) is 0.700. The predicted molar refractivity (Wildman–Crippen MR) is 55.0 cm³/mol. The van der Waals surface area contributed by atoms with Crippen molar-refractivity contribution in [3.63, 3.8) is 0 Å². The molecule has 1 saturated carbocycles. The van der Waals surface area contributed by atoms with E-state index in [4.69, 9.17) is 5.73 Å². The first-order valence-corrected chi connectivity index (χ1v) is 5.38. The number of rotatable bonds is 4. The van der Waals surface area contributed by atoms with Crippen LogP contribution in [0, 0.1) is 11.8 Å². The summed E-state index contributed by atoms with van der Waals surface area (Å²) in [5.41, 5.74) is 5.07. The number of amides is 1. The molecule has 0 aliphatic heterocycles. The van der Waals surface area contributed by atoms with E-state index in [0.29, 0.717) is 5.92 Å². The van der Waals surface area contributed by atoms with E-state index in [1.54, 1.807) is 11.0 Å². The summed E-state index contributed by atoms with van der Waals surface area (Å²) < 4.78 is 1.72. The molecule has 0 spiro atoms. The molecule has 5 nitrogen and oxygen atoms in total. The van der Waals surface area contributed by atoms with Gasteiger partial charge in [-0.1, -0.05) is 13.3 Å². The summed E-state index contributed by atoms with van der Waals surface area (Å²) in [6, 6.07) is 0. The molecular formula is C10H16N4O. The number of nitrogens with zero attached hydrogens (tertiary/aromatic N) is 3. The summed E-state index contributed by atoms with van der Waals surface area (Å²) in [5.74, 6) is 1.13. The van der Waals surface area contributed by atoms with Crippen LogP contribution in [0.15, 0.2) is 6.33 Å². The SMILES string of the molecule is CCC1CC(Cn2cnc(C(N)=O)n2)C1. The van der Waals surface area contributed by atoms with Crippen LogP contribution in [0.25, 0.3) is 0 Å². The Morgan fingerprint density at radius 1 is 1.60 bits per heavy atom. The van der Waals surface area contributed by atoms with Gasteiger partial charge in [0.1, 0.15) is 6.33 Å². The van der Waals surface area contributed by atoms with Crippen molar-refractivity contribution >= 4 is 5.91 Å². The van der Waals surface area contributed by atoms with Gasteiger partial charge in [0, 0.05) is 6.54 Å². The average molecular weight is 208 g/mol. The van der Waals surface area contributed by atoms with Gasteiger partial charge in [0.2, 0.25) is 5.82 Å². The van der Waals surface area contributed by atoms with Crippen LogP contribution in [-0.2, 0) is 6.54 Å². The average Bonchev–Trinajstić information content (AvgIpc) is 2.58. The Morgan fingerprint density at radius 2 is 2.33 bits per heavy atom. The quantitative estimate of drug-likeness (QED) is 0.795. The zero-order chi connectivity index (χ0) is 10.8. The minimum atomic E-state index is -0.561. The molecule has 1 aromatic heterocycles. The number of carbonyl (C=O) groups is 1. The highest BCUT2D eigenvalue weighted by molar-refractivity contribution is 5.88. The first-order valence-electron chi connectivity index (χ1n) is 5.38. The number of nitrogens with two attached hydrogens (primary N) is 1. The summed E-state index contributed by atoms with van der Waals surface area (Å²) in [4.78, 5) is 14.6. The third kappa shape index (κ3) is 2.16. The van der Waals surface area contributed by atoms with E-state index >= 15 is 0 Å². The molecule has 1 aliphatic carbocycles. The first-order chi connectivity index (χ1) is 7.19. The van der Waals surface area contributed by atoms with E-state index in [2.05, 4.69) is 17.0 Å². The van der Waals surface area contributed by atoms with Crippen LogP contribution in [0.5, 0.6) is 0 Å². The van der Waals surface area contributed by atoms with Crippen LogP contribution >= 0.6 is 0 Å². The molecule has 1 aromatic rings. The number of primary amides is 1. The fourth-order valence-electron chi connectivity index (χ4n) is 2.12. The highest BCUT2D eigenvalue weighted by Gasteiger charge is 2.28. The molecule has 1 amide bonds. The molecule has 5 heteroatoms. The van der Waals surface area contributed by atoms with Crippen LogP contribution in [0.4, 0.5) is 0 Å². The third-order valence-electron chi connectivity index (χ3n) is 3.11. The van der Waals surface area contributed by atoms with Gasteiger partial charge in [-0.2, -0.15) is 0 Å². The predicted octanol–water partition coefficient (Wildman–Crippen LogP) is 0.813. The largest absolute Gasteiger partial charge is 0.363 e. The maximum Gasteiger partial charge on any atom is 0.288 e. The summed E-state index contributed by atoms with van der Waals surface area (Å²) in [6.07, 6.45) is 5.38. The molecule has 1 aliphatic rings. The van der Waals surface area contributed by atoms with E-state index < -0.39 is 5.91 Å². The minimum Gasteiger partial charge on any atom is -0.363 e. The second-order valence-electron chi connectivity index (χ2n) is 4.27. The Hall–Kier alpha value is -1.39. The molecule has 0 unspecified atom stereocenters. The molecule has 82 valence electrons. The normalized spacial score (nSPS) is 24.9. The van der Waals surface area contributed by atoms with E-state index in [9.17, 15) is 4.79 Å². The molecule has 2 rings (SSSR count). The van der Waals surface area contributed by atoms with Crippen LogP contribution < -0.4 is 5.73 Å². The Bertz CT molecular complexity index is 354. The second-order valence-corrected chi connectivity index (χ2v) is 4.27. The number of hydrogen-bond donors (Lipinski definition) is 1. The van der Waals surface area contributed by atoms with Crippen molar-refractivity contribution in [3.05, 3.63) is 12.2 Å². The monoisotopic (exact) mass is 208 g/mol. The van der Waals surface area contributed by atoms with E-state index in [0.717, 1.165) is 12.5 Å². The summed E-state index contributed by atoms with van der Waals surface area (Å²) in [6.45, 7) is 3.08. The van der Waals surface area contributed by atoms with Crippen molar-refractivity contribution in [3.8, 4) is 0 Å². The van der Waals surface area contributed by atoms with Crippen molar-refractivity contribution in [1.29, 1.82) is 0 Å². The Labute approximate surface area is 88.7 Å². The molecule has 0 saturated heterocycles. The van der Waals surface area contributed by atoms with Crippen LogP contribution in [-0.4, -0.2) is 20.7 Å². The molecule has 2 N–H and O–H groups in total. The summed E-state index contributed by atoms with van der Waals surface area (Å²) in [7, 11) is 0. The second kappa shape index (κ2) is 4.00. The molecule has 0 aromatic carbocycles. The van der Waals surface area contributed by atoms with E-state index in [-0.39, 0.29) is 5.82 Å². The van der Waals surface area contributed by atoms with Crippen molar-refractivity contribution in [2.75, 3.05) is 0 Å². The maximum absolute atomic E-state index is 10.8. The molecule has 0 atom stereocenters. The minimum absolute atomic E-state index is 0.112. The lowest BCUT2D eigenvalue weighted by atomic mass is 9.74. The molecule has 15 heavy (non-hydrogen) atoms. The van der Waals surface area contributed by atoms with Gasteiger partial charge in [-0.25, -0.2) is 4.98 Å². The number of hydrogen-bond acceptors (Lipinski definition) is 3. The van der Waals surface area contributed by atoms with Gasteiger partial charge >= 0.3 is 0 Å². The van der Waals surface area contributed by atoms with Crippen molar-refractivity contribution in [1.82, 2.24) is 14.8 Å². The molecule has 1 fully saturated rings. The van der Waals surface area contributed by atoms with Gasteiger partial charge in [0.15, 0.2) is 0 Å². The summed E-state index contributed by atoms with van der Waals surface area (Å²) >= 11 is 0. The van der Waals surface area contributed by atoms with Crippen LogP contribution in [0.2, 0.25) is 0 Å². The fourth-order valence-corrected chi connectivity index (χ4v) is 2.12. The smallest absolute Gasteiger partial charge is 0.288 e. The van der Waals surface area contributed by atoms with Gasteiger partial charge < -0.3 is 5.73 Å².